The minimum Gasteiger partial charge on any atom is -0.190 e. The van der Waals surface area contributed by atoms with E-state index < -0.39 is 0 Å². The third-order valence-corrected chi connectivity index (χ3v) is 3.87. The van der Waals surface area contributed by atoms with E-state index in [2.05, 4.69) is 36.2 Å². The van der Waals surface area contributed by atoms with Crippen LogP contribution in [-0.4, -0.2) is 12.1 Å². The zero-order chi connectivity index (χ0) is 8.34. The molecule has 0 saturated heterocycles. The van der Waals surface area contributed by atoms with Crippen LogP contribution in [0.2, 0.25) is 0 Å². The van der Waals surface area contributed by atoms with Crippen LogP contribution in [-0.2, 0) is 0 Å². The molecule has 3 rings (SSSR count). The molecule has 0 N–H and O–H groups in total. The van der Waals surface area contributed by atoms with Gasteiger partial charge in [0, 0.05) is 11.3 Å². The highest BCUT2D eigenvalue weighted by Crippen LogP contribution is 2.56. The van der Waals surface area contributed by atoms with Crippen molar-refractivity contribution in [2.75, 3.05) is 0 Å². The number of rotatable bonds is 0. The van der Waals surface area contributed by atoms with Gasteiger partial charge in [0.1, 0.15) is 0 Å². The number of nitrogens with zero attached hydrogens (tertiary/aromatic N) is 2. The van der Waals surface area contributed by atoms with E-state index in [4.69, 9.17) is 0 Å². The van der Waals surface area contributed by atoms with Crippen molar-refractivity contribution >= 4 is 0 Å². The average Bonchev–Trinajstić information content (AvgIpc) is 2.60. The summed E-state index contributed by atoms with van der Waals surface area (Å²) in [5, 5.41) is 8.76. The van der Waals surface area contributed by atoms with Crippen molar-refractivity contribution in [3.63, 3.8) is 0 Å². The lowest BCUT2D eigenvalue weighted by atomic mass is 9.83. The minimum absolute atomic E-state index is 0.333. The van der Waals surface area contributed by atoms with Gasteiger partial charge in [-0.1, -0.05) is 26.0 Å². The first-order chi connectivity index (χ1) is 5.71. The Morgan fingerprint density at radius 1 is 1.25 bits per heavy atom. The van der Waals surface area contributed by atoms with Gasteiger partial charge in [-0.2, -0.15) is 10.2 Å². The molecule has 2 aliphatic carbocycles. The molecule has 4 atom stereocenters. The predicted molar refractivity (Wildman–Crippen MR) is 47.0 cm³/mol. The van der Waals surface area contributed by atoms with Crippen LogP contribution in [0.25, 0.3) is 0 Å². The fraction of sp³-hybridized carbons (Fsp3) is 0.800. The molecule has 0 aromatic carbocycles. The summed E-state index contributed by atoms with van der Waals surface area (Å²) in [6.07, 6.45) is 5.89. The van der Waals surface area contributed by atoms with E-state index in [1.807, 2.05) is 0 Å². The molecular formula is C10H14N2. The second kappa shape index (κ2) is 1.81. The maximum absolute atomic E-state index is 4.38. The molecule has 3 aliphatic rings. The Morgan fingerprint density at radius 2 is 2.00 bits per heavy atom. The van der Waals surface area contributed by atoms with Gasteiger partial charge in [0.15, 0.2) is 0 Å². The molecule has 1 heterocycles. The fourth-order valence-electron chi connectivity index (χ4n) is 3.20. The van der Waals surface area contributed by atoms with Gasteiger partial charge in [-0.05, 0) is 12.3 Å². The van der Waals surface area contributed by atoms with Gasteiger partial charge in [-0.15, -0.1) is 0 Å². The molecule has 2 nitrogen and oxygen atoms in total. The van der Waals surface area contributed by atoms with Crippen LogP contribution < -0.4 is 0 Å². The molecule has 4 unspecified atom stereocenters. The second-order valence-electron chi connectivity index (χ2n) is 4.85. The molecule has 1 saturated carbocycles. The molecule has 0 aromatic heterocycles. The SMILES string of the molecule is CC1(C)C2N=NC1C1CC=CC12. The number of fused-ring (bicyclic) bond motifs is 5. The molecule has 2 bridgehead atoms. The van der Waals surface area contributed by atoms with Crippen LogP contribution in [0.4, 0.5) is 0 Å². The number of hydrogen-bond donors (Lipinski definition) is 0. The Kier molecular flexibility index (Phi) is 1.03. The van der Waals surface area contributed by atoms with Crippen molar-refractivity contribution < 1.29 is 0 Å². The summed E-state index contributed by atoms with van der Waals surface area (Å²) in [5.74, 6) is 1.49. The van der Waals surface area contributed by atoms with E-state index in [1.54, 1.807) is 0 Å². The van der Waals surface area contributed by atoms with E-state index in [0.29, 0.717) is 23.4 Å². The zero-order valence-electron chi connectivity index (χ0n) is 7.57. The number of azo groups is 1. The largest absolute Gasteiger partial charge is 0.190 e. The Bertz CT molecular complexity index is 278. The van der Waals surface area contributed by atoms with Gasteiger partial charge < -0.3 is 0 Å². The van der Waals surface area contributed by atoms with Gasteiger partial charge in [0.05, 0.1) is 12.1 Å². The Hall–Kier alpha value is -0.660. The smallest absolute Gasteiger partial charge is 0.0846 e. The van der Waals surface area contributed by atoms with E-state index >= 15 is 0 Å². The van der Waals surface area contributed by atoms with Gasteiger partial charge in [-0.3, -0.25) is 0 Å². The highest BCUT2D eigenvalue weighted by molar-refractivity contribution is 5.21. The standard InChI is InChI=1S/C10H14N2/c1-10(2)8-6-4-3-5-7(6)9(10)12-11-8/h3-4,6-9H,5H2,1-2H3. The van der Waals surface area contributed by atoms with E-state index in [1.165, 1.54) is 6.42 Å². The topological polar surface area (TPSA) is 24.7 Å². The minimum atomic E-state index is 0.333. The Balaban J connectivity index is 2.08. The lowest BCUT2D eigenvalue weighted by molar-refractivity contribution is 0.319. The molecule has 12 heavy (non-hydrogen) atoms. The average molecular weight is 162 g/mol. The monoisotopic (exact) mass is 162 g/mol. The van der Waals surface area contributed by atoms with Crippen molar-refractivity contribution in [3.05, 3.63) is 12.2 Å². The summed E-state index contributed by atoms with van der Waals surface area (Å²) in [7, 11) is 0. The number of allylic oxidation sites excluding steroid dienone is 1. The lowest BCUT2D eigenvalue weighted by Gasteiger charge is -2.21. The summed E-state index contributed by atoms with van der Waals surface area (Å²) in [6.45, 7) is 4.63. The third-order valence-electron chi connectivity index (χ3n) is 3.87. The first kappa shape index (κ1) is 6.81. The summed E-state index contributed by atoms with van der Waals surface area (Å²) >= 11 is 0. The highest BCUT2D eigenvalue weighted by Gasteiger charge is 2.59. The molecule has 64 valence electrons. The normalized spacial score (nSPS) is 51.8. The van der Waals surface area contributed by atoms with Crippen LogP contribution in [0.1, 0.15) is 20.3 Å². The first-order valence-electron chi connectivity index (χ1n) is 4.78. The van der Waals surface area contributed by atoms with Crippen LogP contribution in [0.5, 0.6) is 0 Å². The van der Waals surface area contributed by atoms with E-state index in [0.717, 1.165) is 5.92 Å². The van der Waals surface area contributed by atoms with Gasteiger partial charge in [-0.25, -0.2) is 0 Å². The maximum Gasteiger partial charge on any atom is 0.0846 e. The molecule has 0 spiro atoms. The quantitative estimate of drug-likeness (QED) is 0.489. The highest BCUT2D eigenvalue weighted by atomic mass is 15.2. The number of hydrogen-bond acceptors (Lipinski definition) is 2. The van der Waals surface area contributed by atoms with Gasteiger partial charge in [0.25, 0.3) is 0 Å². The van der Waals surface area contributed by atoms with Crippen molar-refractivity contribution in [3.8, 4) is 0 Å². The van der Waals surface area contributed by atoms with E-state index in [9.17, 15) is 0 Å². The molecule has 2 heteroatoms. The van der Waals surface area contributed by atoms with Crippen LogP contribution in [0, 0.1) is 17.3 Å². The molecule has 1 fully saturated rings. The lowest BCUT2D eigenvalue weighted by Crippen LogP contribution is -2.27. The first-order valence-corrected chi connectivity index (χ1v) is 4.78. The summed E-state index contributed by atoms with van der Waals surface area (Å²) < 4.78 is 0. The molecule has 1 aliphatic heterocycles. The Morgan fingerprint density at radius 3 is 2.75 bits per heavy atom. The molecular weight excluding hydrogens is 148 g/mol. The zero-order valence-corrected chi connectivity index (χ0v) is 7.57. The summed E-state index contributed by atoms with van der Waals surface area (Å²) in [4.78, 5) is 0. The van der Waals surface area contributed by atoms with Crippen molar-refractivity contribution in [2.45, 2.75) is 32.4 Å². The maximum atomic E-state index is 4.38. The van der Waals surface area contributed by atoms with E-state index in [-0.39, 0.29) is 0 Å². The van der Waals surface area contributed by atoms with Gasteiger partial charge >= 0.3 is 0 Å². The van der Waals surface area contributed by atoms with Gasteiger partial charge in [0.2, 0.25) is 0 Å². The molecule has 0 aromatic rings. The van der Waals surface area contributed by atoms with Crippen molar-refractivity contribution in [2.24, 2.45) is 27.5 Å². The summed E-state index contributed by atoms with van der Waals surface area (Å²) in [6, 6.07) is 0.980. The third kappa shape index (κ3) is 0.551. The second-order valence-corrected chi connectivity index (χ2v) is 4.85. The van der Waals surface area contributed by atoms with Crippen molar-refractivity contribution in [1.82, 2.24) is 0 Å². The van der Waals surface area contributed by atoms with Crippen LogP contribution >= 0.6 is 0 Å². The van der Waals surface area contributed by atoms with Crippen LogP contribution in [0.3, 0.4) is 0 Å². The molecule has 0 radical (unpaired) electrons. The fourth-order valence-corrected chi connectivity index (χ4v) is 3.20. The molecule has 0 amide bonds. The Labute approximate surface area is 72.8 Å². The van der Waals surface area contributed by atoms with Crippen molar-refractivity contribution in [1.29, 1.82) is 0 Å². The van der Waals surface area contributed by atoms with Crippen LogP contribution in [0.15, 0.2) is 22.4 Å². The summed E-state index contributed by atoms with van der Waals surface area (Å²) in [5.41, 5.74) is 0.333. The predicted octanol–water partition coefficient (Wildman–Crippen LogP) is 2.42.